The van der Waals surface area contributed by atoms with E-state index in [0.29, 0.717) is 12.8 Å². The number of ether oxygens (including phenoxy) is 2. The van der Waals surface area contributed by atoms with Crippen molar-refractivity contribution in [2.45, 2.75) is 31.5 Å². The lowest BCUT2D eigenvalue weighted by Crippen LogP contribution is -2.44. The first-order chi connectivity index (χ1) is 11.3. The molecule has 2 aliphatic rings. The minimum absolute atomic E-state index is 0.218. The van der Waals surface area contributed by atoms with Crippen LogP contribution in [0.2, 0.25) is 0 Å². The lowest BCUT2D eigenvalue weighted by Gasteiger charge is -2.32. The van der Waals surface area contributed by atoms with E-state index in [1.54, 1.807) is 22.6 Å². The standard InChI is InChI=1S/C15H12INO7/c16-10-6-8(7-11(12(10)18)17(21)22)5-9-13(19)23-15(24-14(9)20)3-1-2-4-15/h5-7,18H,1-4H2. The third-order valence-corrected chi connectivity index (χ3v) is 4.76. The molecule has 1 aliphatic heterocycles. The first-order valence-electron chi connectivity index (χ1n) is 7.17. The maximum Gasteiger partial charge on any atom is 0.348 e. The number of nitrogens with zero attached hydrogens (tertiary/aromatic N) is 1. The van der Waals surface area contributed by atoms with E-state index in [2.05, 4.69) is 0 Å². The summed E-state index contributed by atoms with van der Waals surface area (Å²) >= 11 is 1.72. The lowest BCUT2D eigenvalue weighted by atomic mass is 10.1. The molecule has 8 nitrogen and oxygen atoms in total. The number of nitro groups is 1. The van der Waals surface area contributed by atoms with Crippen LogP contribution < -0.4 is 0 Å². The molecule has 1 spiro atoms. The molecule has 1 saturated carbocycles. The van der Waals surface area contributed by atoms with E-state index in [4.69, 9.17) is 9.47 Å². The normalized spacial score (nSPS) is 19.1. The maximum absolute atomic E-state index is 12.2. The highest BCUT2D eigenvalue weighted by Gasteiger charge is 2.47. The van der Waals surface area contributed by atoms with Gasteiger partial charge in [0.15, 0.2) is 0 Å². The largest absolute Gasteiger partial charge is 0.501 e. The van der Waals surface area contributed by atoms with Crippen LogP contribution in [-0.4, -0.2) is 27.8 Å². The first kappa shape index (κ1) is 16.7. The Morgan fingerprint density at radius 2 is 1.79 bits per heavy atom. The predicted molar refractivity (Wildman–Crippen MR) is 88.8 cm³/mol. The number of esters is 2. The van der Waals surface area contributed by atoms with E-state index in [-0.39, 0.29) is 14.7 Å². The molecule has 3 rings (SSSR count). The number of carbonyl (C=O) groups is 2. The van der Waals surface area contributed by atoms with Gasteiger partial charge in [-0.05, 0) is 53.1 Å². The van der Waals surface area contributed by atoms with Gasteiger partial charge in [0.2, 0.25) is 5.75 Å². The minimum atomic E-state index is -1.17. The second-order valence-electron chi connectivity index (χ2n) is 5.58. The van der Waals surface area contributed by atoms with Gasteiger partial charge in [0.05, 0.1) is 8.49 Å². The van der Waals surface area contributed by atoms with Crippen LogP contribution in [0, 0.1) is 13.7 Å². The third-order valence-electron chi connectivity index (χ3n) is 3.94. The molecule has 0 radical (unpaired) electrons. The van der Waals surface area contributed by atoms with E-state index < -0.39 is 34.1 Å². The van der Waals surface area contributed by atoms with Crippen LogP contribution in [0.3, 0.4) is 0 Å². The summed E-state index contributed by atoms with van der Waals surface area (Å²) in [4.78, 5) is 34.5. The lowest BCUT2D eigenvalue weighted by molar-refractivity contribution is -0.386. The van der Waals surface area contributed by atoms with E-state index in [1.165, 1.54) is 12.1 Å². The quantitative estimate of drug-likeness (QED) is 0.186. The number of benzene rings is 1. The Morgan fingerprint density at radius 3 is 2.33 bits per heavy atom. The maximum atomic E-state index is 12.2. The molecule has 0 bridgehead atoms. The summed E-state index contributed by atoms with van der Waals surface area (Å²) in [6, 6.07) is 2.49. The van der Waals surface area contributed by atoms with Gasteiger partial charge in [-0.3, -0.25) is 10.1 Å². The topological polar surface area (TPSA) is 116 Å². The summed E-state index contributed by atoms with van der Waals surface area (Å²) in [5, 5.41) is 20.6. The molecule has 1 heterocycles. The zero-order valence-corrected chi connectivity index (χ0v) is 14.4. The number of hydrogen-bond acceptors (Lipinski definition) is 7. The van der Waals surface area contributed by atoms with Crippen molar-refractivity contribution < 1.29 is 29.1 Å². The average molecular weight is 445 g/mol. The highest BCUT2D eigenvalue weighted by atomic mass is 127. The fourth-order valence-corrected chi connectivity index (χ4v) is 3.42. The summed E-state index contributed by atoms with van der Waals surface area (Å²) in [7, 11) is 0. The van der Waals surface area contributed by atoms with Crippen molar-refractivity contribution in [3.8, 4) is 5.75 Å². The van der Waals surface area contributed by atoms with Gasteiger partial charge in [-0.15, -0.1) is 0 Å². The Bertz CT molecular complexity index is 758. The Balaban J connectivity index is 1.96. The molecule has 1 aromatic carbocycles. The highest BCUT2D eigenvalue weighted by molar-refractivity contribution is 14.1. The Kier molecular flexibility index (Phi) is 4.20. The number of halogens is 1. The van der Waals surface area contributed by atoms with Gasteiger partial charge in [0, 0.05) is 18.9 Å². The van der Waals surface area contributed by atoms with Crippen LogP contribution in [0.1, 0.15) is 31.2 Å². The summed E-state index contributed by atoms with van der Waals surface area (Å²) < 4.78 is 10.8. The molecule has 0 amide bonds. The van der Waals surface area contributed by atoms with Crippen molar-refractivity contribution >= 4 is 46.3 Å². The second-order valence-corrected chi connectivity index (χ2v) is 6.74. The monoisotopic (exact) mass is 445 g/mol. The molecule has 2 fully saturated rings. The predicted octanol–water partition coefficient (Wildman–Crippen LogP) is 2.66. The van der Waals surface area contributed by atoms with Crippen molar-refractivity contribution in [2.75, 3.05) is 0 Å². The molecule has 126 valence electrons. The fraction of sp³-hybridized carbons (Fsp3) is 0.333. The Morgan fingerprint density at radius 1 is 1.21 bits per heavy atom. The molecule has 1 N–H and O–H groups in total. The number of rotatable bonds is 2. The molecule has 0 atom stereocenters. The van der Waals surface area contributed by atoms with Crippen molar-refractivity contribution in [1.82, 2.24) is 0 Å². The number of phenolic OH excluding ortho intramolecular Hbond substituents is 1. The van der Waals surface area contributed by atoms with Gasteiger partial charge in [-0.2, -0.15) is 0 Å². The van der Waals surface area contributed by atoms with Gasteiger partial charge in [-0.1, -0.05) is 0 Å². The number of carbonyl (C=O) groups excluding carboxylic acids is 2. The Hall–Kier alpha value is -2.17. The summed E-state index contributed by atoms with van der Waals surface area (Å²) in [5.74, 6) is -3.25. The minimum Gasteiger partial charge on any atom is -0.501 e. The van der Waals surface area contributed by atoms with Crippen LogP contribution in [0.25, 0.3) is 6.08 Å². The van der Waals surface area contributed by atoms with Gasteiger partial charge >= 0.3 is 17.6 Å². The van der Waals surface area contributed by atoms with Gasteiger partial charge in [0.25, 0.3) is 5.79 Å². The van der Waals surface area contributed by atoms with E-state index >= 15 is 0 Å². The summed E-state index contributed by atoms with van der Waals surface area (Å²) in [6.07, 6.45) is 3.73. The van der Waals surface area contributed by atoms with Crippen LogP contribution in [0.4, 0.5) is 5.69 Å². The number of phenols is 1. The fourth-order valence-electron chi connectivity index (χ4n) is 2.78. The molecule has 0 aromatic heterocycles. The first-order valence-corrected chi connectivity index (χ1v) is 8.24. The van der Waals surface area contributed by atoms with Gasteiger partial charge < -0.3 is 14.6 Å². The zero-order valence-electron chi connectivity index (χ0n) is 12.3. The number of hydrogen-bond donors (Lipinski definition) is 1. The smallest absolute Gasteiger partial charge is 0.348 e. The third kappa shape index (κ3) is 2.95. The van der Waals surface area contributed by atoms with E-state index in [9.17, 15) is 24.8 Å². The molecule has 9 heteroatoms. The SMILES string of the molecule is O=C1OC2(CCCC2)OC(=O)C1=Cc1cc(I)c(O)c([N+](=O)[O-])c1. The van der Waals surface area contributed by atoms with E-state index in [0.717, 1.165) is 18.9 Å². The van der Waals surface area contributed by atoms with Gasteiger partial charge in [0.1, 0.15) is 5.57 Å². The van der Waals surface area contributed by atoms with Crippen LogP contribution in [0.5, 0.6) is 5.75 Å². The highest BCUT2D eigenvalue weighted by Crippen LogP contribution is 2.39. The number of nitro benzene ring substituents is 1. The summed E-state index contributed by atoms with van der Waals surface area (Å²) in [5.41, 5.74) is -0.628. The molecule has 1 saturated heterocycles. The Labute approximate surface area is 149 Å². The molecule has 24 heavy (non-hydrogen) atoms. The van der Waals surface area contributed by atoms with Crippen LogP contribution >= 0.6 is 22.6 Å². The van der Waals surface area contributed by atoms with Crippen molar-refractivity contribution in [2.24, 2.45) is 0 Å². The van der Waals surface area contributed by atoms with Gasteiger partial charge in [-0.25, -0.2) is 9.59 Å². The van der Waals surface area contributed by atoms with Crippen molar-refractivity contribution in [3.05, 3.63) is 37.0 Å². The van der Waals surface area contributed by atoms with Crippen LogP contribution in [-0.2, 0) is 19.1 Å². The summed E-state index contributed by atoms with van der Waals surface area (Å²) in [6.45, 7) is 0. The van der Waals surface area contributed by atoms with Crippen molar-refractivity contribution in [1.29, 1.82) is 0 Å². The van der Waals surface area contributed by atoms with Crippen molar-refractivity contribution in [3.63, 3.8) is 0 Å². The molecule has 1 aliphatic carbocycles. The van der Waals surface area contributed by atoms with E-state index in [1.807, 2.05) is 0 Å². The molecule has 1 aromatic rings. The molecular formula is C15H12INO7. The zero-order chi connectivity index (χ0) is 17.5. The molecular weight excluding hydrogens is 433 g/mol. The number of aromatic hydroxyl groups is 1. The van der Waals surface area contributed by atoms with Crippen LogP contribution in [0.15, 0.2) is 17.7 Å². The second kappa shape index (κ2) is 6.04. The molecule has 0 unspecified atom stereocenters. The average Bonchev–Trinajstić information content (AvgIpc) is 2.93.